The van der Waals surface area contributed by atoms with E-state index in [1.165, 1.54) is 0 Å². The van der Waals surface area contributed by atoms with E-state index in [0.29, 0.717) is 22.6 Å². The van der Waals surface area contributed by atoms with Crippen LogP contribution in [-0.2, 0) is 4.43 Å². The van der Waals surface area contributed by atoms with Gasteiger partial charge in [0.2, 0.25) is 0 Å². The normalized spacial score (nSPS) is 24.6. The predicted molar refractivity (Wildman–Crippen MR) is 140 cm³/mol. The fourth-order valence-electron chi connectivity index (χ4n) is 4.93. The molecule has 1 aromatic heterocycles. The molecule has 2 aromatic rings. The van der Waals surface area contributed by atoms with Crippen molar-refractivity contribution in [1.29, 1.82) is 0 Å². The summed E-state index contributed by atoms with van der Waals surface area (Å²) in [4.78, 5) is 25.6. The van der Waals surface area contributed by atoms with E-state index in [9.17, 15) is 9.59 Å². The van der Waals surface area contributed by atoms with Crippen LogP contribution in [0.4, 0.5) is 0 Å². The van der Waals surface area contributed by atoms with E-state index < -0.39 is 8.32 Å². The predicted octanol–water partition coefficient (Wildman–Crippen LogP) is 5.03. The summed E-state index contributed by atoms with van der Waals surface area (Å²) in [5.74, 6) is 0.371. The highest BCUT2D eigenvalue weighted by Gasteiger charge is 2.58. The fraction of sp³-hybridized carbons (Fsp3) is 0.577. The molecular weight excluding hydrogens is 480 g/mol. The van der Waals surface area contributed by atoms with Crippen molar-refractivity contribution in [2.45, 2.75) is 76.9 Å². The molecule has 2 aliphatic carbocycles. The van der Waals surface area contributed by atoms with Crippen LogP contribution in [0.25, 0.3) is 0 Å². The molecule has 7 nitrogen and oxygen atoms in total. The number of benzene rings is 1. The van der Waals surface area contributed by atoms with Crippen LogP contribution in [0.2, 0.25) is 23.2 Å². The lowest BCUT2D eigenvalue weighted by Crippen LogP contribution is -2.44. The van der Waals surface area contributed by atoms with Crippen molar-refractivity contribution in [2.75, 3.05) is 7.05 Å². The van der Waals surface area contributed by atoms with Gasteiger partial charge in [-0.3, -0.25) is 14.3 Å². The van der Waals surface area contributed by atoms with Gasteiger partial charge in [0.15, 0.2) is 14.0 Å². The van der Waals surface area contributed by atoms with E-state index in [2.05, 4.69) is 49.6 Å². The van der Waals surface area contributed by atoms with Gasteiger partial charge in [-0.1, -0.05) is 44.5 Å². The van der Waals surface area contributed by atoms with Gasteiger partial charge in [-0.25, -0.2) is 0 Å². The Kier molecular flexibility index (Phi) is 6.94. The van der Waals surface area contributed by atoms with Crippen LogP contribution in [0, 0.1) is 11.8 Å². The summed E-state index contributed by atoms with van der Waals surface area (Å²) in [6.07, 6.45) is 2.26. The summed E-state index contributed by atoms with van der Waals surface area (Å²) in [5.41, 5.74) is 1.49. The average Bonchev–Trinajstić information content (AvgIpc) is 3.13. The average molecular weight is 517 g/mol. The van der Waals surface area contributed by atoms with Crippen LogP contribution in [-0.4, -0.2) is 49.1 Å². The lowest BCUT2D eigenvalue weighted by atomic mass is 10.1. The monoisotopic (exact) mass is 516 g/mol. The minimum absolute atomic E-state index is 0.148. The Morgan fingerprint density at radius 1 is 1.17 bits per heavy atom. The zero-order chi connectivity index (χ0) is 25.7. The van der Waals surface area contributed by atoms with Crippen molar-refractivity contribution >= 4 is 31.7 Å². The number of carbonyl (C=O) groups excluding carboxylic acids is 2. The summed E-state index contributed by atoms with van der Waals surface area (Å²) in [5, 5.41) is 11.1. The van der Waals surface area contributed by atoms with Gasteiger partial charge in [0.05, 0.1) is 6.04 Å². The molecule has 2 saturated carbocycles. The maximum absolute atomic E-state index is 13.4. The molecule has 35 heavy (non-hydrogen) atoms. The Balaban J connectivity index is 1.46. The minimum atomic E-state index is -1.80. The zero-order valence-electron chi connectivity index (χ0n) is 21.7. The van der Waals surface area contributed by atoms with Crippen LogP contribution in [0.1, 0.15) is 73.1 Å². The van der Waals surface area contributed by atoms with Gasteiger partial charge in [0.1, 0.15) is 5.69 Å². The van der Waals surface area contributed by atoms with Crippen molar-refractivity contribution < 1.29 is 14.0 Å². The number of nitrogens with zero attached hydrogens (tertiary/aromatic N) is 2. The van der Waals surface area contributed by atoms with Crippen molar-refractivity contribution in [3.8, 4) is 0 Å². The van der Waals surface area contributed by atoms with Crippen LogP contribution >= 0.6 is 11.6 Å². The topological polar surface area (TPSA) is 85.3 Å². The quantitative estimate of drug-likeness (QED) is 0.505. The first-order valence-corrected chi connectivity index (χ1v) is 15.7. The zero-order valence-corrected chi connectivity index (χ0v) is 23.4. The summed E-state index contributed by atoms with van der Waals surface area (Å²) >= 11 is 6.18. The highest BCUT2D eigenvalue weighted by molar-refractivity contribution is 6.74. The first-order valence-electron chi connectivity index (χ1n) is 12.4. The molecule has 2 amide bonds. The molecule has 5 atom stereocenters. The number of amides is 2. The molecule has 190 valence electrons. The smallest absolute Gasteiger partial charge is 0.271 e. The van der Waals surface area contributed by atoms with Gasteiger partial charge < -0.3 is 15.1 Å². The van der Waals surface area contributed by atoms with Crippen LogP contribution in [0.3, 0.4) is 0 Å². The van der Waals surface area contributed by atoms with E-state index in [1.807, 2.05) is 25.1 Å². The molecule has 1 heterocycles. The molecule has 2 unspecified atom stereocenters. The van der Waals surface area contributed by atoms with Crippen molar-refractivity contribution in [3.05, 3.63) is 52.3 Å². The minimum Gasteiger partial charge on any atom is -0.414 e. The lowest BCUT2D eigenvalue weighted by Gasteiger charge is -2.39. The second kappa shape index (κ2) is 9.37. The molecular formula is C26H37ClN4O3Si. The number of fused-ring (bicyclic) bond motifs is 1. The fourth-order valence-corrected chi connectivity index (χ4v) is 6.50. The second-order valence-electron chi connectivity index (χ2n) is 11.5. The highest BCUT2D eigenvalue weighted by atomic mass is 35.5. The molecule has 1 aromatic carbocycles. The molecule has 2 aliphatic rings. The Morgan fingerprint density at radius 3 is 2.40 bits per heavy atom. The summed E-state index contributed by atoms with van der Waals surface area (Å²) in [7, 11) is -0.249. The number of hydrogen-bond donors (Lipinski definition) is 2. The van der Waals surface area contributed by atoms with E-state index in [1.54, 1.807) is 23.9 Å². The summed E-state index contributed by atoms with van der Waals surface area (Å²) in [6.45, 7) is 13.3. The first-order chi connectivity index (χ1) is 16.3. The van der Waals surface area contributed by atoms with E-state index >= 15 is 0 Å². The maximum Gasteiger partial charge on any atom is 0.271 e. The van der Waals surface area contributed by atoms with Crippen LogP contribution < -0.4 is 10.6 Å². The molecule has 2 fully saturated rings. The maximum atomic E-state index is 13.4. The largest absolute Gasteiger partial charge is 0.414 e. The first kappa shape index (κ1) is 25.9. The third-order valence-electron chi connectivity index (χ3n) is 8.09. The van der Waals surface area contributed by atoms with E-state index in [0.717, 1.165) is 18.4 Å². The van der Waals surface area contributed by atoms with Gasteiger partial charge in [0.25, 0.3) is 11.8 Å². The molecule has 0 radical (unpaired) electrons. The van der Waals surface area contributed by atoms with Gasteiger partial charge in [-0.15, -0.1) is 0 Å². The van der Waals surface area contributed by atoms with Crippen LogP contribution in [0.5, 0.6) is 0 Å². The standard InChI is InChI=1S/C26H37ClN4O3Si/c1-15(16-9-8-10-17(27)11-16)31-22(14-21(30-31)24(32)28-5)25(33)29-23-19-12-18(13-20(19)23)34-35(6,7)26(2,3)4/h8-11,14-15,18-20,23H,12-13H2,1-7H3,(H,28,32)(H,29,33)/t15-,18?,19-,20+,23?/m0/s1. The van der Waals surface area contributed by atoms with Gasteiger partial charge in [-0.2, -0.15) is 5.10 Å². The highest BCUT2D eigenvalue weighted by Crippen LogP contribution is 2.54. The number of nitrogens with one attached hydrogen (secondary N) is 2. The molecule has 4 rings (SSSR count). The second-order valence-corrected chi connectivity index (χ2v) is 16.7. The number of carbonyl (C=O) groups is 2. The Labute approximate surface area is 214 Å². The molecule has 9 heteroatoms. The summed E-state index contributed by atoms with van der Waals surface area (Å²) in [6, 6.07) is 8.90. The molecule has 2 N–H and O–H groups in total. The molecule has 0 bridgehead atoms. The Hall–Kier alpha value is -2.16. The SMILES string of the molecule is CNC(=O)c1cc(C(=O)NC2[C@H]3CC(O[Si](C)(C)C(C)(C)C)C[C@@H]23)n([C@@H](C)c2cccc(Cl)c2)n1. The molecule has 0 aliphatic heterocycles. The molecule has 0 saturated heterocycles. The number of rotatable bonds is 7. The number of hydrogen-bond acceptors (Lipinski definition) is 4. The molecule has 0 spiro atoms. The Morgan fingerprint density at radius 2 is 1.83 bits per heavy atom. The van der Waals surface area contributed by atoms with Crippen LogP contribution in [0.15, 0.2) is 30.3 Å². The third kappa shape index (κ3) is 5.20. The van der Waals surface area contributed by atoms with Crippen molar-refractivity contribution in [2.24, 2.45) is 11.8 Å². The van der Waals surface area contributed by atoms with Gasteiger partial charge in [-0.05, 0) is 67.4 Å². The van der Waals surface area contributed by atoms with Crippen molar-refractivity contribution in [1.82, 2.24) is 20.4 Å². The number of halogens is 1. The van der Waals surface area contributed by atoms with E-state index in [4.69, 9.17) is 16.0 Å². The van der Waals surface area contributed by atoms with Gasteiger partial charge >= 0.3 is 0 Å². The number of aromatic nitrogens is 2. The Bertz CT molecular complexity index is 1110. The van der Waals surface area contributed by atoms with Gasteiger partial charge in [0, 0.05) is 30.3 Å². The third-order valence-corrected chi connectivity index (χ3v) is 12.9. The lowest BCUT2D eigenvalue weighted by molar-refractivity contribution is 0.0924. The van der Waals surface area contributed by atoms with E-state index in [-0.39, 0.29) is 40.7 Å². The van der Waals surface area contributed by atoms with Crippen molar-refractivity contribution in [3.63, 3.8) is 0 Å². The summed E-state index contributed by atoms with van der Waals surface area (Å²) < 4.78 is 8.23.